The quantitative estimate of drug-likeness (QED) is 0.504. The maximum absolute atomic E-state index is 11.9. The monoisotopic (exact) mass is 274 g/mol. The summed E-state index contributed by atoms with van der Waals surface area (Å²) < 4.78 is 0. The number of benzene rings is 1. The van der Waals surface area contributed by atoms with Gasteiger partial charge in [0.25, 0.3) is 0 Å². The van der Waals surface area contributed by atoms with Crippen LogP contribution in [0.25, 0.3) is 10.4 Å². The van der Waals surface area contributed by atoms with Crippen LogP contribution in [0.5, 0.6) is 0 Å². The summed E-state index contributed by atoms with van der Waals surface area (Å²) >= 11 is 0. The lowest BCUT2D eigenvalue weighted by atomic mass is 10.1. The van der Waals surface area contributed by atoms with Crippen LogP contribution in [0.3, 0.4) is 0 Å². The molecule has 1 aromatic rings. The van der Waals surface area contributed by atoms with E-state index in [1.807, 2.05) is 0 Å². The number of anilines is 1. The van der Waals surface area contributed by atoms with Gasteiger partial charge in [-0.3, -0.25) is 9.59 Å². The van der Waals surface area contributed by atoms with Crippen LogP contribution in [-0.4, -0.2) is 30.1 Å². The fourth-order valence-corrected chi connectivity index (χ4v) is 2.27. The van der Waals surface area contributed by atoms with E-state index in [-0.39, 0.29) is 18.2 Å². The minimum atomic E-state index is -0.885. The van der Waals surface area contributed by atoms with Crippen molar-refractivity contribution >= 4 is 17.6 Å². The van der Waals surface area contributed by atoms with Crippen LogP contribution in [0.15, 0.2) is 29.4 Å². The summed E-state index contributed by atoms with van der Waals surface area (Å²) in [4.78, 5) is 26.9. The first-order chi connectivity index (χ1) is 9.60. The van der Waals surface area contributed by atoms with Gasteiger partial charge in [-0.05, 0) is 29.1 Å². The number of carbonyl (C=O) groups is 2. The highest BCUT2D eigenvalue weighted by Gasteiger charge is 2.29. The minimum absolute atomic E-state index is 0.00544. The van der Waals surface area contributed by atoms with Crippen LogP contribution < -0.4 is 4.90 Å². The number of hydrogen-bond acceptors (Lipinski definition) is 3. The van der Waals surface area contributed by atoms with Crippen molar-refractivity contribution in [3.05, 3.63) is 40.3 Å². The van der Waals surface area contributed by atoms with E-state index in [0.717, 1.165) is 5.69 Å². The fraction of sp³-hybridized carbons (Fsp3) is 0.385. The van der Waals surface area contributed by atoms with Crippen LogP contribution in [-0.2, 0) is 16.0 Å². The molecule has 0 bridgehead atoms. The second-order valence-electron chi connectivity index (χ2n) is 4.72. The number of nitrogens with zero attached hydrogens (tertiary/aromatic N) is 4. The number of carbonyl (C=O) groups excluding carboxylic acids is 1. The Morgan fingerprint density at radius 3 is 2.75 bits per heavy atom. The molecule has 1 atom stereocenters. The third-order valence-corrected chi connectivity index (χ3v) is 3.21. The predicted molar refractivity (Wildman–Crippen MR) is 72.3 cm³/mol. The molecule has 1 saturated heterocycles. The summed E-state index contributed by atoms with van der Waals surface area (Å²) in [6, 6.07) is 6.90. The Morgan fingerprint density at radius 2 is 2.15 bits per heavy atom. The van der Waals surface area contributed by atoms with Gasteiger partial charge >= 0.3 is 5.97 Å². The van der Waals surface area contributed by atoms with Crippen molar-refractivity contribution < 1.29 is 14.7 Å². The summed E-state index contributed by atoms with van der Waals surface area (Å²) in [5, 5.41) is 12.2. The zero-order chi connectivity index (χ0) is 14.5. The highest BCUT2D eigenvalue weighted by Crippen LogP contribution is 2.25. The smallest absolute Gasteiger partial charge is 0.307 e. The van der Waals surface area contributed by atoms with Crippen molar-refractivity contribution in [2.75, 3.05) is 18.0 Å². The van der Waals surface area contributed by atoms with Crippen molar-refractivity contribution in [1.82, 2.24) is 0 Å². The molecule has 1 aliphatic rings. The number of amides is 1. The van der Waals surface area contributed by atoms with Crippen LogP contribution >= 0.6 is 0 Å². The number of rotatable bonds is 5. The average Bonchev–Trinajstić information content (AvgIpc) is 2.78. The molecule has 1 aromatic carbocycles. The lowest BCUT2D eigenvalue weighted by molar-refractivity contribution is -0.136. The SMILES string of the molecule is [N-]=[N+]=NCC1CC(=O)N(c2ccc(CC(=O)O)cc2)C1. The third kappa shape index (κ3) is 3.27. The van der Waals surface area contributed by atoms with Gasteiger partial charge in [0.15, 0.2) is 0 Å². The third-order valence-electron chi connectivity index (χ3n) is 3.21. The second kappa shape index (κ2) is 6.08. The molecule has 1 heterocycles. The Morgan fingerprint density at radius 1 is 1.45 bits per heavy atom. The summed E-state index contributed by atoms with van der Waals surface area (Å²) in [6.45, 7) is 0.839. The molecule has 1 N–H and O–H groups in total. The highest BCUT2D eigenvalue weighted by atomic mass is 16.4. The van der Waals surface area contributed by atoms with E-state index in [4.69, 9.17) is 10.6 Å². The van der Waals surface area contributed by atoms with E-state index >= 15 is 0 Å². The first-order valence-corrected chi connectivity index (χ1v) is 6.22. The largest absolute Gasteiger partial charge is 0.481 e. The first-order valence-electron chi connectivity index (χ1n) is 6.22. The van der Waals surface area contributed by atoms with Crippen molar-refractivity contribution in [2.24, 2.45) is 11.0 Å². The van der Waals surface area contributed by atoms with Gasteiger partial charge in [-0.25, -0.2) is 0 Å². The Balaban J connectivity index is 2.06. The van der Waals surface area contributed by atoms with Gasteiger partial charge in [0.1, 0.15) is 0 Å². The Hall–Kier alpha value is -2.53. The van der Waals surface area contributed by atoms with E-state index < -0.39 is 5.97 Å². The average molecular weight is 274 g/mol. The zero-order valence-electron chi connectivity index (χ0n) is 10.8. The lowest BCUT2D eigenvalue weighted by Crippen LogP contribution is -2.24. The van der Waals surface area contributed by atoms with Gasteiger partial charge in [-0.2, -0.15) is 0 Å². The van der Waals surface area contributed by atoms with Gasteiger partial charge in [-0.1, -0.05) is 17.2 Å². The molecular formula is C13H14N4O3. The molecule has 104 valence electrons. The minimum Gasteiger partial charge on any atom is -0.481 e. The maximum atomic E-state index is 11.9. The molecule has 7 nitrogen and oxygen atoms in total. The standard InChI is InChI=1S/C13H14N4O3/c14-16-15-7-10-5-12(18)17(8-10)11-3-1-9(2-4-11)6-13(19)20/h1-4,10H,5-8H2,(H,19,20). The molecule has 1 unspecified atom stereocenters. The fourth-order valence-electron chi connectivity index (χ4n) is 2.27. The molecule has 2 rings (SSSR count). The number of carboxylic acids is 1. The predicted octanol–water partition coefficient (Wildman–Crippen LogP) is 1.98. The zero-order valence-corrected chi connectivity index (χ0v) is 10.8. The normalized spacial score (nSPS) is 17.9. The molecule has 0 aromatic heterocycles. The Kier molecular flexibility index (Phi) is 4.22. The van der Waals surface area contributed by atoms with E-state index in [0.29, 0.717) is 25.1 Å². The molecule has 7 heteroatoms. The van der Waals surface area contributed by atoms with Crippen molar-refractivity contribution in [2.45, 2.75) is 12.8 Å². The van der Waals surface area contributed by atoms with Crippen LogP contribution in [0.4, 0.5) is 5.69 Å². The second-order valence-corrected chi connectivity index (χ2v) is 4.72. The maximum Gasteiger partial charge on any atom is 0.307 e. The first kappa shape index (κ1) is 13.9. The molecule has 1 aliphatic heterocycles. The van der Waals surface area contributed by atoms with Gasteiger partial charge in [0, 0.05) is 30.1 Å². The highest BCUT2D eigenvalue weighted by molar-refractivity contribution is 5.95. The van der Waals surface area contributed by atoms with Crippen molar-refractivity contribution in [3.8, 4) is 0 Å². The molecule has 0 aliphatic carbocycles. The van der Waals surface area contributed by atoms with Crippen LogP contribution in [0, 0.1) is 5.92 Å². The molecule has 20 heavy (non-hydrogen) atoms. The van der Waals surface area contributed by atoms with Gasteiger partial charge in [-0.15, -0.1) is 0 Å². The number of hydrogen-bond donors (Lipinski definition) is 1. The van der Waals surface area contributed by atoms with Crippen molar-refractivity contribution in [1.29, 1.82) is 0 Å². The molecule has 0 saturated carbocycles. The lowest BCUT2D eigenvalue weighted by Gasteiger charge is -2.16. The van der Waals surface area contributed by atoms with Gasteiger partial charge in [0.05, 0.1) is 6.42 Å². The van der Waals surface area contributed by atoms with E-state index in [1.54, 1.807) is 29.2 Å². The topological polar surface area (TPSA) is 106 Å². The van der Waals surface area contributed by atoms with Gasteiger partial charge in [0.2, 0.25) is 5.91 Å². The number of aliphatic carboxylic acids is 1. The number of azide groups is 1. The summed E-state index contributed by atoms with van der Waals surface area (Å²) in [7, 11) is 0. The molecule has 0 spiro atoms. The molecule has 1 fully saturated rings. The number of carboxylic acid groups (broad SMARTS) is 1. The summed E-state index contributed by atoms with van der Waals surface area (Å²) in [6.07, 6.45) is 0.337. The van der Waals surface area contributed by atoms with Crippen LogP contribution in [0.2, 0.25) is 0 Å². The van der Waals surface area contributed by atoms with Crippen molar-refractivity contribution in [3.63, 3.8) is 0 Å². The molecule has 1 amide bonds. The summed E-state index contributed by atoms with van der Waals surface area (Å²) in [5.74, 6) is -0.851. The Labute approximate surface area is 115 Å². The van der Waals surface area contributed by atoms with E-state index in [1.165, 1.54) is 0 Å². The Bertz CT molecular complexity index is 563. The summed E-state index contributed by atoms with van der Waals surface area (Å²) in [5.41, 5.74) is 9.73. The molecular weight excluding hydrogens is 260 g/mol. The van der Waals surface area contributed by atoms with E-state index in [2.05, 4.69) is 10.0 Å². The molecule has 0 radical (unpaired) electrons. The van der Waals surface area contributed by atoms with Crippen LogP contribution in [0.1, 0.15) is 12.0 Å². The van der Waals surface area contributed by atoms with E-state index in [9.17, 15) is 9.59 Å². The van der Waals surface area contributed by atoms with Gasteiger partial charge < -0.3 is 10.0 Å².